The number of fused-ring (bicyclic) bond motifs is 1. The second-order valence-electron chi connectivity index (χ2n) is 10.9. The molecular weight excluding hydrogens is 476 g/mol. The summed E-state index contributed by atoms with van der Waals surface area (Å²) in [5.74, 6) is -0.154. The van der Waals surface area contributed by atoms with Crippen molar-refractivity contribution >= 4 is 23.8 Å². The van der Waals surface area contributed by atoms with E-state index in [4.69, 9.17) is 9.47 Å². The number of unbranched alkanes of at least 4 members (excludes halogenated alkanes) is 2. The summed E-state index contributed by atoms with van der Waals surface area (Å²) in [4.78, 5) is 54.3. The van der Waals surface area contributed by atoms with Gasteiger partial charge in [-0.15, -0.1) is 0 Å². The molecule has 10 nitrogen and oxygen atoms in total. The molecule has 1 atom stereocenters. The van der Waals surface area contributed by atoms with Gasteiger partial charge in [-0.25, -0.2) is 4.79 Å². The first-order chi connectivity index (χ1) is 17.6. The van der Waals surface area contributed by atoms with E-state index in [0.717, 1.165) is 50.2 Å². The van der Waals surface area contributed by atoms with Gasteiger partial charge in [0.15, 0.2) is 0 Å². The molecule has 3 heterocycles. The van der Waals surface area contributed by atoms with E-state index in [9.17, 15) is 19.2 Å². The normalized spacial score (nSPS) is 20.6. The Bertz CT molecular complexity index is 1030. The number of amides is 4. The lowest BCUT2D eigenvalue weighted by molar-refractivity contribution is -0.136. The van der Waals surface area contributed by atoms with Crippen molar-refractivity contribution in [2.24, 2.45) is 0 Å². The van der Waals surface area contributed by atoms with E-state index in [1.807, 2.05) is 26.8 Å². The van der Waals surface area contributed by atoms with E-state index in [0.29, 0.717) is 38.2 Å². The van der Waals surface area contributed by atoms with E-state index in [2.05, 4.69) is 10.2 Å². The van der Waals surface area contributed by atoms with Crippen molar-refractivity contribution < 1.29 is 28.7 Å². The number of piperazine rings is 1. The van der Waals surface area contributed by atoms with Gasteiger partial charge in [0.05, 0.1) is 6.61 Å². The van der Waals surface area contributed by atoms with Crippen molar-refractivity contribution in [3.8, 4) is 5.75 Å². The monoisotopic (exact) mass is 514 g/mol. The average molecular weight is 515 g/mol. The molecule has 3 aliphatic rings. The summed E-state index contributed by atoms with van der Waals surface area (Å²) in [7, 11) is 0. The van der Waals surface area contributed by atoms with Crippen molar-refractivity contribution in [1.29, 1.82) is 0 Å². The average Bonchev–Trinajstić information content (AvgIpc) is 3.16. The third-order valence-corrected chi connectivity index (χ3v) is 6.91. The van der Waals surface area contributed by atoms with Crippen LogP contribution in [0.15, 0.2) is 18.2 Å². The minimum absolute atomic E-state index is 0.178. The van der Waals surface area contributed by atoms with Crippen molar-refractivity contribution in [2.45, 2.75) is 71.1 Å². The molecule has 1 aromatic carbocycles. The number of benzene rings is 1. The zero-order chi connectivity index (χ0) is 26.6. The first-order valence-corrected chi connectivity index (χ1v) is 13.2. The Labute approximate surface area is 218 Å². The van der Waals surface area contributed by atoms with E-state index >= 15 is 0 Å². The van der Waals surface area contributed by atoms with Gasteiger partial charge in [0.2, 0.25) is 11.8 Å². The minimum Gasteiger partial charge on any atom is -0.494 e. The van der Waals surface area contributed by atoms with Crippen molar-refractivity contribution in [2.75, 3.05) is 39.3 Å². The maximum absolute atomic E-state index is 12.8. The highest BCUT2D eigenvalue weighted by molar-refractivity contribution is 6.05. The topological polar surface area (TPSA) is 108 Å². The number of rotatable bonds is 8. The largest absolute Gasteiger partial charge is 0.494 e. The SMILES string of the molecule is CC(C)(C)OC(=O)N1CCN(CCCCCOc2ccc3c(c2)CN(C2CCC(=O)NC2=O)C3=O)CC1. The lowest BCUT2D eigenvalue weighted by Crippen LogP contribution is -2.52. The summed E-state index contributed by atoms with van der Waals surface area (Å²) in [5.41, 5.74) is 0.963. The predicted molar refractivity (Wildman–Crippen MR) is 136 cm³/mol. The van der Waals surface area contributed by atoms with Crippen LogP contribution in [0.5, 0.6) is 5.75 Å². The lowest BCUT2D eigenvalue weighted by Gasteiger charge is -2.35. The van der Waals surface area contributed by atoms with E-state index in [1.54, 1.807) is 21.9 Å². The van der Waals surface area contributed by atoms with Crippen molar-refractivity contribution in [3.05, 3.63) is 29.3 Å². The van der Waals surface area contributed by atoms with Crippen molar-refractivity contribution in [1.82, 2.24) is 20.0 Å². The Morgan fingerprint density at radius 2 is 1.81 bits per heavy atom. The fourth-order valence-electron chi connectivity index (χ4n) is 4.93. The molecule has 0 aromatic heterocycles. The second-order valence-corrected chi connectivity index (χ2v) is 10.9. The summed E-state index contributed by atoms with van der Waals surface area (Å²) in [6, 6.07) is 4.83. The van der Waals surface area contributed by atoms with Gasteiger partial charge in [0.25, 0.3) is 5.91 Å². The van der Waals surface area contributed by atoms with Gasteiger partial charge in [0.1, 0.15) is 17.4 Å². The van der Waals surface area contributed by atoms with Gasteiger partial charge >= 0.3 is 6.09 Å². The predicted octanol–water partition coefficient (Wildman–Crippen LogP) is 2.55. The van der Waals surface area contributed by atoms with Crippen LogP contribution in [0.1, 0.15) is 68.8 Å². The van der Waals surface area contributed by atoms with Crippen LogP contribution in [0.25, 0.3) is 0 Å². The smallest absolute Gasteiger partial charge is 0.410 e. The Morgan fingerprint density at radius 1 is 1.05 bits per heavy atom. The Morgan fingerprint density at radius 3 is 2.51 bits per heavy atom. The molecule has 3 aliphatic heterocycles. The highest BCUT2D eigenvalue weighted by atomic mass is 16.6. The number of carbonyl (C=O) groups is 4. The molecule has 0 radical (unpaired) electrons. The molecule has 2 fully saturated rings. The minimum atomic E-state index is -0.609. The zero-order valence-electron chi connectivity index (χ0n) is 22.1. The number of hydrogen-bond donors (Lipinski definition) is 1. The summed E-state index contributed by atoms with van der Waals surface area (Å²) in [6.45, 7) is 10.7. The van der Waals surface area contributed by atoms with Gasteiger partial charge in [-0.3, -0.25) is 24.6 Å². The molecule has 202 valence electrons. The lowest BCUT2D eigenvalue weighted by atomic mass is 10.0. The molecule has 1 unspecified atom stereocenters. The standard InChI is InChI=1S/C27H38N4O6/c1-27(2,3)37-26(35)30-14-12-29(13-15-30)11-5-4-6-16-36-20-7-8-21-19(17-20)18-31(25(21)34)22-9-10-23(32)28-24(22)33/h7-8,17,22H,4-6,9-16,18H2,1-3H3,(H,28,32,33). The van der Waals surface area contributed by atoms with Crippen LogP contribution >= 0.6 is 0 Å². The molecule has 0 aliphatic carbocycles. The third kappa shape index (κ3) is 7.00. The van der Waals surface area contributed by atoms with Crippen LogP contribution in [0, 0.1) is 0 Å². The number of piperidine rings is 1. The molecule has 10 heteroatoms. The third-order valence-electron chi connectivity index (χ3n) is 6.91. The molecule has 0 saturated carbocycles. The summed E-state index contributed by atoms with van der Waals surface area (Å²) in [5, 5.41) is 2.32. The molecular formula is C27H38N4O6. The van der Waals surface area contributed by atoms with Crippen LogP contribution in [-0.2, 0) is 20.9 Å². The first kappa shape index (κ1) is 26.9. The number of carbonyl (C=O) groups excluding carboxylic acids is 4. The molecule has 2 saturated heterocycles. The highest BCUT2D eigenvalue weighted by Crippen LogP contribution is 2.30. The molecule has 0 bridgehead atoms. The number of nitrogens with one attached hydrogen (secondary N) is 1. The van der Waals surface area contributed by atoms with E-state index in [1.165, 1.54) is 0 Å². The Kier molecular flexibility index (Phi) is 8.36. The number of hydrogen-bond acceptors (Lipinski definition) is 7. The fourth-order valence-corrected chi connectivity index (χ4v) is 4.93. The van der Waals surface area contributed by atoms with Crippen LogP contribution in [0.2, 0.25) is 0 Å². The Balaban J connectivity index is 1.13. The molecule has 1 aromatic rings. The number of ether oxygens (including phenoxy) is 2. The number of nitrogens with zero attached hydrogens (tertiary/aromatic N) is 3. The number of imide groups is 1. The van der Waals surface area contributed by atoms with Gasteiger partial charge in [0, 0.05) is 44.7 Å². The maximum atomic E-state index is 12.8. The Hall–Kier alpha value is -3.14. The van der Waals surface area contributed by atoms with Crippen LogP contribution in [0.3, 0.4) is 0 Å². The zero-order valence-corrected chi connectivity index (χ0v) is 22.1. The van der Waals surface area contributed by atoms with Crippen LogP contribution in [0.4, 0.5) is 4.79 Å². The summed E-state index contributed by atoms with van der Waals surface area (Å²) >= 11 is 0. The second kappa shape index (κ2) is 11.5. The molecule has 1 N–H and O–H groups in total. The summed E-state index contributed by atoms with van der Waals surface area (Å²) < 4.78 is 11.4. The van der Waals surface area contributed by atoms with Gasteiger partial charge in [-0.2, -0.15) is 0 Å². The molecule has 37 heavy (non-hydrogen) atoms. The molecule has 4 rings (SSSR count). The van der Waals surface area contributed by atoms with Gasteiger partial charge in [-0.05, 0) is 76.8 Å². The fraction of sp³-hybridized carbons (Fsp3) is 0.630. The summed E-state index contributed by atoms with van der Waals surface area (Å²) in [6.07, 6.45) is 3.40. The maximum Gasteiger partial charge on any atom is 0.410 e. The molecule has 0 spiro atoms. The van der Waals surface area contributed by atoms with E-state index < -0.39 is 17.6 Å². The molecule has 4 amide bonds. The first-order valence-electron chi connectivity index (χ1n) is 13.2. The van der Waals surface area contributed by atoms with Crippen LogP contribution < -0.4 is 10.1 Å². The van der Waals surface area contributed by atoms with Crippen LogP contribution in [-0.4, -0.2) is 89.5 Å². The quantitative estimate of drug-likeness (QED) is 0.420. The van der Waals surface area contributed by atoms with Gasteiger partial charge in [-0.1, -0.05) is 0 Å². The van der Waals surface area contributed by atoms with E-state index in [-0.39, 0.29) is 24.3 Å². The highest BCUT2D eigenvalue weighted by Gasteiger charge is 2.39. The van der Waals surface area contributed by atoms with Gasteiger partial charge < -0.3 is 19.3 Å². The van der Waals surface area contributed by atoms with Crippen molar-refractivity contribution in [3.63, 3.8) is 0 Å².